The third-order valence-electron chi connectivity index (χ3n) is 2.25. The van der Waals surface area contributed by atoms with Crippen molar-refractivity contribution in [2.45, 2.75) is 6.54 Å². The van der Waals surface area contributed by atoms with Crippen molar-refractivity contribution < 1.29 is 4.92 Å². The Morgan fingerprint density at radius 3 is 2.53 bits per heavy atom. The van der Waals surface area contributed by atoms with Crippen molar-refractivity contribution in [1.82, 2.24) is 9.78 Å². The third kappa shape index (κ3) is 2.40. The first-order chi connectivity index (χ1) is 8.09. The Morgan fingerprint density at radius 2 is 1.94 bits per heavy atom. The van der Waals surface area contributed by atoms with E-state index in [0.29, 0.717) is 15.6 Å². The lowest BCUT2D eigenvalue weighted by Gasteiger charge is -2.04. The van der Waals surface area contributed by atoms with Crippen molar-refractivity contribution in [2.75, 3.05) is 0 Å². The predicted molar refractivity (Wildman–Crippen MR) is 64.4 cm³/mol. The fourth-order valence-electron chi connectivity index (χ4n) is 1.44. The van der Waals surface area contributed by atoms with E-state index in [1.807, 2.05) is 0 Å². The number of nitrogens with zero attached hydrogens (tertiary/aromatic N) is 3. The molecule has 0 aliphatic heterocycles. The van der Waals surface area contributed by atoms with Crippen molar-refractivity contribution >= 4 is 29.0 Å². The highest BCUT2D eigenvalue weighted by Crippen LogP contribution is 2.26. The van der Waals surface area contributed by atoms with E-state index in [-0.39, 0.29) is 12.4 Å². The zero-order valence-electron chi connectivity index (χ0n) is 8.51. The largest absolute Gasteiger partial charge is 0.358 e. The van der Waals surface area contributed by atoms with Gasteiger partial charge in [0.25, 0.3) is 0 Å². The van der Waals surface area contributed by atoms with Crippen LogP contribution in [0.2, 0.25) is 10.0 Å². The molecule has 0 amide bonds. The molecule has 0 N–H and O–H groups in total. The summed E-state index contributed by atoms with van der Waals surface area (Å²) in [6.07, 6.45) is 1.36. The lowest BCUT2D eigenvalue weighted by molar-refractivity contribution is -0.392. The summed E-state index contributed by atoms with van der Waals surface area (Å²) in [6.45, 7) is 0.168. The Bertz CT molecular complexity index is 548. The molecule has 0 unspecified atom stereocenters. The maximum absolute atomic E-state index is 10.7. The Kier molecular flexibility index (Phi) is 3.31. The van der Waals surface area contributed by atoms with Gasteiger partial charge in [0.1, 0.15) is 6.54 Å². The Labute approximate surface area is 107 Å². The van der Waals surface area contributed by atoms with E-state index >= 15 is 0 Å². The van der Waals surface area contributed by atoms with E-state index in [9.17, 15) is 10.1 Å². The van der Waals surface area contributed by atoms with Crippen LogP contribution in [0.15, 0.2) is 30.5 Å². The van der Waals surface area contributed by atoms with E-state index in [1.165, 1.54) is 16.9 Å². The van der Waals surface area contributed by atoms with E-state index in [1.54, 1.807) is 18.2 Å². The van der Waals surface area contributed by atoms with Gasteiger partial charge in [-0.2, -0.15) is 0 Å². The highest BCUT2D eigenvalue weighted by Gasteiger charge is 2.16. The summed E-state index contributed by atoms with van der Waals surface area (Å²) >= 11 is 12.0. The summed E-state index contributed by atoms with van der Waals surface area (Å²) in [5.74, 6) is -0.0963. The molecule has 0 spiro atoms. The Hall–Kier alpha value is -1.59. The monoisotopic (exact) mass is 271 g/mol. The molecular weight excluding hydrogens is 265 g/mol. The summed E-state index contributed by atoms with van der Waals surface area (Å²) in [5, 5.41) is 15.5. The SMILES string of the molecule is O=[N+]([O-])c1ccnn1Cc1c(Cl)cccc1Cl. The van der Waals surface area contributed by atoms with Gasteiger partial charge < -0.3 is 10.1 Å². The zero-order chi connectivity index (χ0) is 12.4. The van der Waals surface area contributed by atoms with Gasteiger partial charge in [-0.05, 0) is 17.1 Å². The van der Waals surface area contributed by atoms with E-state index < -0.39 is 4.92 Å². The molecule has 0 saturated heterocycles. The van der Waals surface area contributed by atoms with Crippen molar-refractivity contribution in [3.63, 3.8) is 0 Å². The van der Waals surface area contributed by atoms with Crippen molar-refractivity contribution in [3.8, 4) is 0 Å². The minimum absolute atomic E-state index is 0.0963. The summed E-state index contributed by atoms with van der Waals surface area (Å²) in [4.78, 5) is 10.2. The average molecular weight is 272 g/mol. The van der Waals surface area contributed by atoms with Gasteiger partial charge in [-0.25, -0.2) is 0 Å². The molecule has 0 aliphatic rings. The number of hydrogen-bond acceptors (Lipinski definition) is 3. The molecule has 0 saturated carbocycles. The van der Waals surface area contributed by atoms with E-state index in [4.69, 9.17) is 23.2 Å². The van der Waals surface area contributed by atoms with Gasteiger partial charge >= 0.3 is 5.82 Å². The van der Waals surface area contributed by atoms with Crippen molar-refractivity contribution in [1.29, 1.82) is 0 Å². The summed E-state index contributed by atoms with van der Waals surface area (Å²) in [7, 11) is 0. The van der Waals surface area contributed by atoms with Gasteiger partial charge in [0, 0.05) is 15.6 Å². The third-order valence-corrected chi connectivity index (χ3v) is 2.96. The molecule has 0 radical (unpaired) electrons. The highest BCUT2D eigenvalue weighted by atomic mass is 35.5. The molecule has 7 heteroatoms. The minimum Gasteiger partial charge on any atom is -0.358 e. The van der Waals surface area contributed by atoms with Crippen LogP contribution in [0, 0.1) is 10.1 Å². The number of aromatic nitrogens is 2. The lowest BCUT2D eigenvalue weighted by Crippen LogP contribution is -2.06. The minimum atomic E-state index is -0.502. The maximum Gasteiger partial charge on any atom is 0.345 e. The van der Waals surface area contributed by atoms with Gasteiger partial charge in [0.2, 0.25) is 0 Å². The Morgan fingerprint density at radius 1 is 1.29 bits per heavy atom. The average Bonchev–Trinajstić information content (AvgIpc) is 2.72. The molecule has 0 fully saturated rings. The van der Waals surface area contributed by atoms with Crippen LogP contribution in [0.5, 0.6) is 0 Å². The van der Waals surface area contributed by atoms with Gasteiger partial charge in [0.05, 0.1) is 12.3 Å². The molecule has 0 atom stereocenters. The highest BCUT2D eigenvalue weighted by molar-refractivity contribution is 6.35. The molecule has 1 aromatic heterocycles. The molecule has 1 aromatic carbocycles. The number of benzene rings is 1. The van der Waals surface area contributed by atoms with Crippen LogP contribution in [0.1, 0.15) is 5.56 Å². The normalized spacial score (nSPS) is 10.5. The van der Waals surface area contributed by atoms with Gasteiger partial charge in [-0.15, -0.1) is 4.68 Å². The molecule has 2 rings (SSSR count). The molecule has 88 valence electrons. The first-order valence-electron chi connectivity index (χ1n) is 4.68. The second-order valence-corrected chi connectivity index (χ2v) is 4.12. The quantitative estimate of drug-likeness (QED) is 0.637. The second kappa shape index (κ2) is 4.73. The Balaban J connectivity index is 2.38. The standard InChI is InChI=1S/C10H7Cl2N3O2/c11-8-2-1-3-9(12)7(8)6-14-10(15(16)17)4-5-13-14/h1-5H,6H2. The molecule has 0 aliphatic carbocycles. The summed E-state index contributed by atoms with van der Waals surface area (Å²) in [6, 6.07) is 6.40. The molecule has 5 nitrogen and oxygen atoms in total. The molecular formula is C10H7Cl2N3O2. The van der Waals surface area contributed by atoms with Crippen LogP contribution in [-0.2, 0) is 6.54 Å². The van der Waals surface area contributed by atoms with Crippen LogP contribution in [0.4, 0.5) is 5.82 Å². The van der Waals surface area contributed by atoms with Crippen LogP contribution in [0.25, 0.3) is 0 Å². The van der Waals surface area contributed by atoms with Crippen LogP contribution in [0.3, 0.4) is 0 Å². The van der Waals surface area contributed by atoms with Gasteiger partial charge in [-0.3, -0.25) is 0 Å². The number of hydrogen-bond donors (Lipinski definition) is 0. The predicted octanol–water partition coefficient (Wildman–Crippen LogP) is 3.15. The van der Waals surface area contributed by atoms with Crippen LogP contribution < -0.4 is 0 Å². The molecule has 1 heterocycles. The fraction of sp³-hybridized carbons (Fsp3) is 0.100. The maximum atomic E-state index is 10.7. The number of rotatable bonds is 3. The first kappa shape index (κ1) is 11.9. The van der Waals surface area contributed by atoms with Crippen molar-refractivity contribution in [2.24, 2.45) is 0 Å². The van der Waals surface area contributed by atoms with E-state index in [2.05, 4.69) is 5.10 Å². The summed E-state index contributed by atoms with van der Waals surface area (Å²) in [5.41, 5.74) is 0.614. The van der Waals surface area contributed by atoms with Gasteiger partial charge in [-0.1, -0.05) is 34.4 Å². The summed E-state index contributed by atoms with van der Waals surface area (Å²) < 4.78 is 1.24. The molecule has 0 bridgehead atoms. The van der Waals surface area contributed by atoms with Crippen LogP contribution >= 0.6 is 23.2 Å². The smallest absolute Gasteiger partial charge is 0.345 e. The fourth-order valence-corrected chi connectivity index (χ4v) is 1.95. The molecule has 17 heavy (non-hydrogen) atoms. The van der Waals surface area contributed by atoms with Gasteiger partial charge in [0.15, 0.2) is 0 Å². The van der Waals surface area contributed by atoms with Crippen molar-refractivity contribution in [3.05, 3.63) is 56.2 Å². The number of nitro groups is 1. The number of halogens is 2. The lowest BCUT2D eigenvalue weighted by atomic mass is 10.2. The molecule has 2 aromatic rings. The topological polar surface area (TPSA) is 61.0 Å². The first-order valence-corrected chi connectivity index (χ1v) is 5.44. The zero-order valence-corrected chi connectivity index (χ0v) is 10.0. The van der Waals surface area contributed by atoms with E-state index in [0.717, 1.165) is 0 Å². The van der Waals surface area contributed by atoms with Crippen LogP contribution in [-0.4, -0.2) is 14.7 Å². The second-order valence-electron chi connectivity index (χ2n) is 3.30.